The highest BCUT2D eigenvalue weighted by molar-refractivity contribution is 7.11. The van der Waals surface area contributed by atoms with Crippen LogP contribution < -0.4 is 14.9 Å². The Morgan fingerprint density at radius 3 is 2.59 bits per heavy atom. The number of aryl methyl sites for hydroxylation is 2. The summed E-state index contributed by atoms with van der Waals surface area (Å²) in [5, 5.41) is 3.70. The molecule has 0 aliphatic heterocycles. The molecule has 1 amide bonds. The third kappa shape index (κ3) is 5.64. The summed E-state index contributed by atoms with van der Waals surface area (Å²) in [7, 11) is 1.63. The van der Waals surface area contributed by atoms with E-state index < -0.39 is 0 Å². The molecule has 10 heteroatoms. The van der Waals surface area contributed by atoms with Crippen molar-refractivity contribution in [2.24, 2.45) is 4.99 Å². The van der Waals surface area contributed by atoms with Crippen molar-refractivity contribution < 1.29 is 9.53 Å². The Morgan fingerprint density at radius 1 is 1.15 bits per heavy atom. The summed E-state index contributed by atoms with van der Waals surface area (Å²) in [4.78, 5) is 27.2. The van der Waals surface area contributed by atoms with Crippen LogP contribution in [-0.4, -0.2) is 27.6 Å². The number of carbonyl (C=O) groups is 1. The number of halogens is 2. The van der Waals surface area contributed by atoms with Gasteiger partial charge < -0.3 is 14.6 Å². The molecule has 174 valence electrons. The van der Waals surface area contributed by atoms with Crippen LogP contribution >= 0.6 is 34.5 Å². The van der Waals surface area contributed by atoms with Crippen LogP contribution in [0.2, 0.25) is 10.2 Å². The molecule has 0 radical (unpaired) electrons. The number of para-hydroxylation sites is 1. The van der Waals surface area contributed by atoms with Gasteiger partial charge in [-0.3, -0.25) is 4.79 Å². The largest absolute Gasteiger partial charge is 0.497 e. The van der Waals surface area contributed by atoms with Crippen molar-refractivity contribution in [1.29, 1.82) is 0 Å². The Hall–Kier alpha value is -3.20. The lowest BCUT2D eigenvalue weighted by Crippen LogP contribution is -2.14. The van der Waals surface area contributed by atoms with Crippen LogP contribution in [0.15, 0.2) is 59.7 Å². The summed E-state index contributed by atoms with van der Waals surface area (Å²) in [6.45, 7) is 4.13. The topological polar surface area (TPSA) is 81.4 Å². The van der Waals surface area contributed by atoms with Gasteiger partial charge in [0.15, 0.2) is 10.6 Å². The van der Waals surface area contributed by atoms with E-state index in [1.54, 1.807) is 32.4 Å². The standard InChI is InChI=1S/C24H21Cl2N5O2S/c1-14-5-4-6-18(25)22(14)30-23(32)19-13-31(12-16-7-9-17(33-3)10-8-16)24(34-19)29-21-11-20(26)27-15(2)28-21/h4-11,13H,12H2,1-3H3,(H,30,32)/b29-24+. The molecule has 2 aromatic heterocycles. The molecule has 0 atom stereocenters. The highest BCUT2D eigenvalue weighted by atomic mass is 35.5. The number of benzene rings is 2. The molecule has 0 aliphatic rings. The van der Waals surface area contributed by atoms with Crippen molar-refractivity contribution in [2.75, 3.05) is 12.4 Å². The molecule has 2 aromatic carbocycles. The van der Waals surface area contributed by atoms with Crippen LogP contribution in [0, 0.1) is 13.8 Å². The lowest BCUT2D eigenvalue weighted by Gasteiger charge is -2.09. The Bertz CT molecular complexity index is 1370. The third-order valence-corrected chi connectivity index (χ3v) is 6.45. The molecule has 0 unspecified atom stereocenters. The maximum atomic E-state index is 13.1. The van der Waals surface area contributed by atoms with Crippen molar-refractivity contribution in [2.45, 2.75) is 20.4 Å². The molecule has 0 bridgehead atoms. The Balaban J connectivity index is 1.73. The van der Waals surface area contributed by atoms with Gasteiger partial charge in [-0.1, -0.05) is 58.8 Å². The summed E-state index contributed by atoms with van der Waals surface area (Å²) in [6, 6.07) is 14.8. The molecule has 0 saturated heterocycles. The molecule has 1 N–H and O–H groups in total. The molecule has 0 saturated carbocycles. The summed E-state index contributed by atoms with van der Waals surface area (Å²) in [6.07, 6.45) is 1.77. The highest BCUT2D eigenvalue weighted by Gasteiger charge is 2.15. The number of amides is 1. The second kappa shape index (κ2) is 10.4. The minimum atomic E-state index is -0.275. The van der Waals surface area contributed by atoms with Gasteiger partial charge in [-0.2, -0.15) is 0 Å². The fourth-order valence-electron chi connectivity index (χ4n) is 3.25. The fourth-order valence-corrected chi connectivity index (χ4v) is 4.63. The summed E-state index contributed by atoms with van der Waals surface area (Å²) >= 11 is 13.6. The number of anilines is 1. The molecule has 4 aromatic rings. The molecule has 7 nitrogen and oxygen atoms in total. The number of hydrogen-bond donors (Lipinski definition) is 1. The van der Waals surface area contributed by atoms with E-state index in [2.05, 4.69) is 20.3 Å². The van der Waals surface area contributed by atoms with Crippen molar-refractivity contribution in [3.05, 3.63) is 91.5 Å². The zero-order chi connectivity index (χ0) is 24.2. The van der Waals surface area contributed by atoms with Gasteiger partial charge in [0.1, 0.15) is 21.6 Å². The van der Waals surface area contributed by atoms with Crippen molar-refractivity contribution >= 4 is 52.0 Å². The highest BCUT2D eigenvalue weighted by Crippen LogP contribution is 2.26. The van der Waals surface area contributed by atoms with Crippen molar-refractivity contribution in [1.82, 2.24) is 14.5 Å². The maximum absolute atomic E-state index is 13.1. The molecule has 0 aliphatic carbocycles. The lowest BCUT2D eigenvalue weighted by atomic mass is 10.2. The van der Waals surface area contributed by atoms with Crippen LogP contribution in [0.5, 0.6) is 5.75 Å². The molecule has 4 rings (SSSR count). The van der Waals surface area contributed by atoms with E-state index in [4.69, 9.17) is 27.9 Å². The Labute approximate surface area is 210 Å². The van der Waals surface area contributed by atoms with Gasteiger partial charge in [0, 0.05) is 18.8 Å². The number of aromatic nitrogens is 3. The van der Waals surface area contributed by atoms with Gasteiger partial charge in [-0.05, 0) is 43.2 Å². The van der Waals surface area contributed by atoms with Crippen LogP contribution in [0.1, 0.15) is 26.6 Å². The van der Waals surface area contributed by atoms with Crippen LogP contribution in [-0.2, 0) is 6.54 Å². The molecule has 2 heterocycles. The zero-order valence-corrected chi connectivity index (χ0v) is 21.0. The smallest absolute Gasteiger partial charge is 0.267 e. The average Bonchev–Trinajstić information content (AvgIpc) is 3.18. The number of nitrogens with one attached hydrogen (secondary N) is 1. The van der Waals surface area contributed by atoms with Gasteiger partial charge in [0.05, 0.1) is 17.8 Å². The predicted octanol–water partition coefficient (Wildman–Crippen LogP) is 5.80. The minimum absolute atomic E-state index is 0.275. The Kier molecular flexibility index (Phi) is 7.31. The third-order valence-electron chi connectivity index (χ3n) is 4.92. The fraction of sp³-hybridized carbons (Fsp3) is 0.167. The number of nitrogens with zero attached hydrogens (tertiary/aromatic N) is 4. The monoisotopic (exact) mass is 513 g/mol. The van der Waals surface area contributed by atoms with E-state index in [9.17, 15) is 4.79 Å². The van der Waals surface area contributed by atoms with Crippen LogP contribution in [0.4, 0.5) is 11.5 Å². The molecule has 0 fully saturated rings. The van der Waals surface area contributed by atoms with E-state index in [1.807, 2.05) is 47.9 Å². The first-order valence-electron chi connectivity index (χ1n) is 10.3. The van der Waals surface area contributed by atoms with Gasteiger partial charge in [-0.25, -0.2) is 15.0 Å². The van der Waals surface area contributed by atoms with Gasteiger partial charge in [-0.15, -0.1) is 0 Å². The summed E-state index contributed by atoms with van der Waals surface area (Å²) in [5.41, 5.74) is 2.48. The summed E-state index contributed by atoms with van der Waals surface area (Å²) < 4.78 is 7.14. The van der Waals surface area contributed by atoms with Crippen molar-refractivity contribution in [3.63, 3.8) is 0 Å². The van der Waals surface area contributed by atoms with E-state index >= 15 is 0 Å². The van der Waals surface area contributed by atoms with E-state index in [0.717, 1.165) is 16.9 Å². The minimum Gasteiger partial charge on any atom is -0.497 e. The first-order chi connectivity index (χ1) is 16.3. The van der Waals surface area contributed by atoms with Crippen LogP contribution in [0.25, 0.3) is 0 Å². The predicted molar refractivity (Wildman–Crippen MR) is 136 cm³/mol. The van der Waals surface area contributed by atoms with Gasteiger partial charge in [0.2, 0.25) is 0 Å². The van der Waals surface area contributed by atoms with E-state index in [1.165, 1.54) is 11.3 Å². The summed E-state index contributed by atoms with van der Waals surface area (Å²) in [5.74, 6) is 1.42. The quantitative estimate of drug-likeness (QED) is 0.330. The van der Waals surface area contributed by atoms with Crippen LogP contribution in [0.3, 0.4) is 0 Å². The van der Waals surface area contributed by atoms with Crippen molar-refractivity contribution in [3.8, 4) is 5.75 Å². The number of rotatable bonds is 6. The molecule has 34 heavy (non-hydrogen) atoms. The molecule has 0 spiro atoms. The first kappa shape index (κ1) is 23.9. The number of ether oxygens (including phenoxy) is 1. The molecular weight excluding hydrogens is 493 g/mol. The SMILES string of the molecule is COc1ccc(Cn2cc(C(=O)Nc3c(C)cccc3Cl)s/c2=N/c2cc(Cl)nc(C)n2)cc1. The second-order valence-electron chi connectivity index (χ2n) is 7.45. The zero-order valence-electron chi connectivity index (χ0n) is 18.7. The first-order valence-corrected chi connectivity index (χ1v) is 11.8. The molecular formula is C24H21Cl2N5O2S. The maximum Gasteiger partial charge on any atom is 0.267 e. The second-order valence-corrected chi connectivity index (χ2v) is 9.25. The number of thiazole rings is 1. The van der Waals surface area contributed by atoms with Gasteiger partial charge >= 0.3 is 0 Å². The average molecular weight is 514 g/mol. The normalized spacial score (nSPS) is 11.5. The lowest BCUT2D eigenvalue weighted by molar-refractivity contribution is 0.103. The number of carbonyl (C=O) groups excluding carboxylic acids is 1. The van der Waals surface area contributed by atoms with Gasteiger partial charge in [0.25, 0.3) is 5.91 Å². The van der Waals surface area contributed by atoms with E-state index in [0.29, 0.717) is 43.7 Å². The number of methoxy groups -OCH3 is 1. The Morgan fingerprint density at radius 2 is 1.91 bits per heavy atom. The number of hydrogen-bond acceptors (Lipinski definition) is 6. The van der Waals surface area contributed by atoms with E-state index in [-0.39, 0.29) is 5.91 Å².